The normalized spacial score (nSPS) is 27.4. The van der Waals surface area contributed by atoms with Crippen LogP contribution in [0.1, 0.15) is 64.7 Å². The Morgan fingerprint density at radius 1 is 1.21 bits per heavy atom. The molecule has 1 heterocycles. The zero-order chi connectivity index (χ0) is 13.7. The van der Waals surface area contributed by atoms with Crippen molar-refractivity contribution in [2.45, 2.75) is 64.7 Å². The van der Waals surface area contributed by atoms with Gasteiger partial charge in [0, 0.05) is 13.1 Å². The molecular formula is C16H26N2O. The molecular weight excluding hydrogens is 236 g/mol. The molecule has 1 unspecified atom stereocenters. The number of hydrogen-bond acceptors (Lipinski definition) is 2. The average Bonchev–Trinajstić information content (AvgIpc) is 2.72. The summed E-state index contributed by atoms with van der Waals surface area (Å²) >= 11 is 0. The summed E-state index contributed by atoms with van der Waals surface area (Å²) in [6, 6.07) is 2.37. The molecule has 19 heavy (non-hydrogen) atoms. The van der Waals surface area contributed by atoms with Crippen LogP contribution in [-0.2, 0) is 4.79 Å². The van der Waals surface area contributed by atoms with Gasteiger partial charge < -0.3 is 4.90 Å². The average molecular weight is 262 g/mol. The highest BCUT2D eigenvalue weighted by atomic mass is 16.2. The molecule has 0 N–H and O–H groups in total. The van der Waals surface area contributed by atoms with Gasteiger partial charge in [0.1, 0.15) is 5.41 Å². The smallest absolute Gasteiger partial charge is 0.243 e. The first-order chi connectivity index (χ1) is 9.22. The van der Waals surface area contributed by atoms with E-state index in [0.29, 0.717) is 0 Å². The highest BCUT2D eigenvalue weighted by Crippen LogP contribution is 2.38. The first-order valence-electron chi connectivity index (χ1n) is 7.92. The van der Waals surface area contributed by atoms with Crippen molar-refractivity contribution in [3.05, 3.63) is 0 Å². The van der Waals surface area contributed by atoms with Crippen LogP contribution in [0.15, 0.2) is 0 Å². The summed E-state index contributed by atoms with van der Waals surface area (Å²) in [5.41, 5.74) is -0.690. The zero-order valence-corrected chi connectivity index (χ0v) is 12.2. The SMILES string of the molecule is CCC1CCCN(C(=O)C2(C#N)CCCCC2)CC1. The monoisotopic (exact) mass is 262 g/mol. The molecule has 0 radical (unpaired) electrons. The van der Waals surface area contributed by atoms with Crippen LogP contribution in [-0.4, -0.2) is 23.9 Å². The molecule has 0 aromatic heterocycles. The lowest BCUT2D eigenvalue weighted by atomic mass is 9.74. The van der Waals surface area contributed by atoms with Crippen LogP contribution in [0.25, 0.3) is 0 Å². The van der Waals surface area contributed by atoms with Gasteiger partial charge in [-0.05, 0) is 38.0 Å². The fourth-order valence-electron chi connectivity index (χ4n) is 3.61. The Kier molecular flexibility index (Phi) is 4.85. The molecule has 106 valence electrons. The number of likely N-dealkylation sites (tertiary alicyclic amines) is 1. The van der Waals surface area contributed by atoms with Gasteiger partial charge >= 0.3 is 0 Å². The first kappa shape index (κ1) is 14.4. The Bertz CT molecular complexity index is 352. The second kappa shape index (κ2) is 6.41. The number of carbonyl (C=O) groups is 1. The number of carbonyl (C=O) groups excluding carboxylic acids is 1. The predicted octanol–water partition coefficient (Wildman–Crippen LogP) is 3.50. The Hall–Kier alpha value is -1.04. The Morgan fingerprint density at radius 2 is 1.95 bits per heavy atom. The van der Waals surface area contributed by atoms with E-state index in [4.69, 9.17) is 0 Å². The lowest BCUT2D eigenvalue weighted by Gasteiger charge is -2.34. The van der Waals surface area contributed by atoms with Gasteiger partial charge in [0.2, 0.25) is 5.91 Å². The van der Waals surface area contributed by atoms with E-state index in [0.717, 1.165) is 57.5 Å². The van der Waals surface area contributed by atoms with Gasteiger partial charge in [-0.2, -0.15) is 5.26 Å². The highest BCUT2D eigenvalue weighted by Gasteiger charge is 2.42. The van der Waals surface area contributed by atoms with Crippen LogP contribution in [0.5, 0.6) is 0 Å². The topological polar surface area (TPSA) is 44.1 Å². The van der Waals surface area contributed by atoms with E-state index in [9.17, 15) is 10.1 Å². The maximum absolute atomic E-state index is 12.8. The molecule has 0 aromatic carbocycles. The quantitative estimate of drug-likeness (QED) is 0.764. The number of nitriles is 1. The second-order valence-electron chi connectivity index (χ2n) is 6.25. The summed E-state index contributed by atoms with van der Waals surface area (Å²) in [6.07, 6.45) is 9.46. The highest BCUT2D eigenvalue weighted by molar-refractivity contribution is 5.85. The first-order valence-corrected chi connectivity index (χ1v) is 7.92. The fourth-order valence-corrected chi connectivity index (χ4v) is 3.61. The summed E-state index contributed by atoms with van der Waals surface area (Å²) in [5, 5.41) is 9.51. The van der Waals surface area contributed by atoms with Crippen LogP contribution in [0.4, 0.5) is 0 Å². The van der Waals surface area contributed by atoms with Crippen LogP contribution in [0, 0.1) is 22.7 Å². The van der Waals surface area contributed by atoms with Crippen LogP contribution >= 0.6 is 0 Å². The summed E-state index contributed by atoms with van der Waals surface area (Å²) in [6.45, 7) is 3.96. The van der Waals surface area contributed by atoms with Crippen molar-refractivity contribution in [2.24, 2.45) is 11.3 Å². The van der Waals surface area contributed by atoms with Crippen molar-refractivity contribution in [2.75, 3.05) is 13.1 Å². The number of amides is 1. The molecule has 3 nitrogen and oxygen atoms in total. The van der Waals surface area contributed by atoms with E-state index in [1.54, 1.807) is 0 Å². The molecule has 2 aliphatic rings. The molecule has 0 spiro atoms. The third kappa shape index (κ3) is 3.11. The molecule has 2 rings (SSSR count). The minimum absolute atomic E-state index is 0.131. The molecule has 1 atom stereocenters. The maximum atomic E-state index is 12.8. The van der Waals surface area contributed by atoms with Crippen molar-refractivity contribution >= 4 is 5.91 Å². The van der Waals surface area contributed by atoms with Gasteiger partial charge in [0.15, 0.2) is 0 Å². The maximum Gasteiger partial charge on any atom is 0.243 e. The van der Waals surface area contributed by atoms with Gasteiger partial charge in [-0.15, -0.1) is 0 Å². The lowest BCUT2D eigenvalue weighted by Crippen LogP contribution is -2.44. The predicted molar refractivity (Wildman–Crippen MR) is 75.3 cm³/mol. The van der Waals surface area contributed by atoms with Crippen LogP contribution in [0.2, 0.25) is 0 Å². The lowest BCUT2D eigenvalue weighted by molar-refractivity contribution is -0.140. The van der Waals surface area contributed by atoms with Crippen molar-refractivity contribution in [1.29, 1.82) is 5.26 Å². The minimum atomic E-state index is -0.690. The molecule has 1 aliphatic heterocycles. The number of hydrogen-bond donors (Lipinski definition) is 0. The molecule has 0 bridgehead atoms. The summed E-state index contributed by atoms with van der Waals surface area (Å²) in [5.74, 6) is 0.897. The van der Waals surface area contributed by atoms with E-state index in [-0.39, 0.29) is 5.91 Å². The fraction of sp³-hybridized carbons (Fsp3) is 0.875. The largest absolute Gasteiger partial charge is 0.341 e. The van der Waals surface area contributed by atoms with Crippen molar-refractivity contribution in [3.63, 3.8) is 0 Å². The molecule has 1 saturated heterocycles. The Labute approximate surface area is 117 Å². The second-order valence-corrected chi connectivity index (χ2v) is 6.25. The molecule has 1 amide bonds. The Morgan fingerprint density at radius 3 is 2.58 bits per heavy atom. The Balaban J connectivity index is 2.03. The van der Waals surface area contributed by atoms with Gasteiger partial charge in [-0.3, -0.25) is 4.79 Å². The van der Waals surface area contributed by atoms with Crippen LogP contribution in [0.3, 0.4) is 0 Å². The standard InChI is InChI=1S/C16H26N2O/c1-2-14-7-6-11-18(12-8-14)15(19)16(13-17)9-4-3-5-10-16/h14H,2-12H2,1H3. The zero-order valence-electron chi connectivity index (χ0n) is 12.2. The van der Waals surface area contributed by atoms with Crippen molar-refractivity contribution in [3.8, 4) is 6.07 Å². The van der Waals surface area contributed by atoms with Gasteiger partial charge in [-0.1, -0.05) is 32.6 Å². The molecule has 3 heteroatoms. The van der Waals surface area contributed by atoms with Gasteiger partial charge in [-0.25, -0.2) is 0 Å². The van der Waals surface area contributed by atoms with E-state index in [1.165, 1.54) is 19.3 Å². The molecule has 1 saturated carbocycles. The van der Waals surface area contributed by atoms with E-state index < -0.39 is 5.41 Å². The summed E-state index contributed by atoms with van der Waals surface area (Å²) in [4.78, 5) is 14.7. The van der Waals surface area contributed by atoms with E-state index in [1.807, 2.05) is 4.90 Å². The molecule has 0 aromatic rings. The third-order valence-corrected chi connectivity index (χ3v) is 5.04. The number of nitrogens with zero attached hydrogens (tertiary/aromatic N) is 2. The molecule has 2 fully saturated rings. The summed E-state index contributed by atoms with van der Waals surface area (Å²) < 4.78 is 0. The van der Waals surface area contributed by atoms with Crippen LogP contribution < -0.4 is 0 Å². The van der Waals surface area contributed by atoms with Gasteiger partial charge in [0.25, 0.3) is 0 Å². The van der Waals surface area contributed by atoms with Crippen molar-refractivity contribution < 1.29 is 4.79 Å². The van der Waals surface area contributed by atoms with Gasteiger partial charge in [0.05, 0.1) is 6.07 Å². The summed E-state index contributed by atoms with van der Waals surface area (Å²) in [7, 11) is 0. The minimum Gasteiger partial charge on any atom is -0.341 e. The van der Waals surface area contributed by atoms with Crippen molar-refractivity contribution in [1.82, 2.24) is 4.90 Å². The third-order valence-electron chi connectivity index (χ3n) is 5.04. The van der Waals surface area contributed by atoms with E-state index >= 15 is 0 Å². The van der Waals surface area contributed by atoms with E-state index in [2.05, 4.69) is 13.0 Å². The number of rotatable bonds is 2. The molecule has 1 aliphatic carbocycles.